The summed E-state index contributed by atoms with van der Waals surface area (Å²) in [4.78, 5) is 46.5. The van der Waals surface area contributed by atoms with Gasteiger partial charge in [-0.05, 0) is 36.4 Å². The van der Waals surface area contributed by atoms with E-state index >= 15 is 0 Å². The van der Waals surface area contributed by atoms with Crippen LogP contribution < -0.4 is 24.3 Å². The van der Waals surface area contributed by atoms with Crippen molar-refractivity contribution in [3.05, 3.63) is 53.3 Å². The van der Waals surface area contributed by atoms with Gasteiger partial charge in [0.2, 0.25) is 5.78 Å². The number of allylic oxidation sites excluding steroid dienone is 1. The smallest absolute Gasteiger partial charge is 0.326 e. The average Bonchev–Trinajstić information content (AvgIpc) is 3.11. The molecule has 0 fully saturated rings. The summed E-state index contributed by atoms with van der Waals surface area (Å²) in [5.41, 5.74) is 0.859. The first kappa shape index (κ1) is 24.1. The van der Waals surface area contributed by atoms with Gasteiger partial charge in [0.15, 0.2) is 12.4 Å². The molecule has 0 saturated carbocycles. The number of aliphatic carboxylic acids is 2. The Morgan fingerprint density at radius 2 is 1.79 bits per heavy atom. The van der Waals surface area contributed by atoms with Gasteiger partial charge in [0.1, 0.15) is 29.0 Å². The van der Waals surface area contributed by atoms with Crippen LogP contribution in [-0.4, -0.2) is 60.7 Å². The number of rotatable bonds is 10. The number of nitrogens with one attached hydrogen (secondary N) is 1. The molecule has 1 amide bonds. The van der Waals surface area contributed by atoms with Crippen molar-refractivity contribution in [2.24, 2.45) is 0 Å². The first-order valence-corrected chi connectivity index (χ1v) is 9.89. The van der Waals surface area contributed by atoms with Gasteiger partial charge in [-0.2, -0.15) is 0 Å². The van der Waals surface area contributed by atoms with E-state index in [9.17, 15) is 19.2 Å². The van der Waals surface area contributed by atoms with E-state index in [1.807, 2.05) is 0 Å². The van der Waals surface area contributed by atoms with Crippen LogP contribution in [-0.2, 0) is 14.4 Å². The van der Waals surface area contributed by atoms with Crippen molar-refractivity contribution in [1.82, 2.24) is 5.32 Å². The van der Waals surface area contributed by atoms with Crippen LogP contribution in [0.1, 0.15) is 22.3 Å². The van der Waals surface area contributed by atoms with E-state index in [1.165, 1.54) is 38.5 Å². The maximum atomic E-state index is 12.7. The number of benzene rings is 2. The van der Waals surface area contributed by atoms with Crippen molar-refractivity contribution in [2.75, 3.05) is 20.8 Å². The molecule has 11 heteroatoms. The molecule has 34 heavy (non-hydrogen) atoms. The van der Waals surface area contributed by atoms with E-state index < -0.39 is 36.9 Å². The number of ether oxygens (including phenoxy) is 4. The minimum atomic E-state index is -1.59. The minimum Gasteiger partial charge on any atom is -0.497 e. The molecule has 0 spiro atoms. The lowest BCUT2D eigenvalue weighted by molar-refractivity contribution is -0.147. The van der Waals surface area contributed by atoms with Gasteiger partial charge in [0.05, 0.1) is 26.2 Å². The quantitative estimate of drug-likeness (QED) is 0.436. The van der Waals surface area contributed by atoms with Crippen molar-refractivity contribution in [1.29, 1.82) is 0 Å². The number of hydrogen-bond acceptors (Lipinski definition) is 8. The van der Waals surface area contributed by atoms with Gasteiger partial charge in [-0.15, -0.1) is 0 Å². The predicted molar refractivity (Wildman–Crippen MR) is 116 cm³/mol. The molecule has 1 heterocycles. The summed E-state index contributed by atoms with van der Waals surface area (Å²) in [6.07, 6.45) is 0.745. The Bertz CT molecular complexity index is 1170. The molecule has 1 aliphatic rings. The summed E-state index contributed by atoms with van der Waals surface area (Å²) >= 11 is 0. The molecule has 3 N–H and O–H groups in total. The number of amides is 1. The summed E-state index contributed by atoms with van der Waals surface area (Å²) in [7, 11) is 3.01. The first-order valence-electron chi connectivity index (χ1n) is 9.89. The molecular weight excluding hydrogens is 450 g/mol. The summed E-state index contributed by atoms with van der Waals surface area (Å²) < 4.78 is 21.5. The molecule has 0 saturated heterocycles. The van der Waals surface area contributed by atoms with Crippen LogP contribution in [0, 0.1) is 0 Å². The van der Waals surface area contributed by atoms with Gasteiger partial charge in [-0.1, -0.05) is 0 Å². The largest absolute Gasteiger partial charge is 0.497 e. The molecular formula is C23H21NO10. The number of hydrogen-bond donors (Lipinski definition) is 3. The maximum Gasteiger partial charge on any atom is 0.326 e. The van der Waals surface area contributed by atoms with Gasteiger partial charge in [0, 0.05) is 11.6 Å². The first-order chi connectivity index (χ1) is 16.2. The molecule has 3 rings (SSSR count). The number of carboxylic acid groups (broad SMARTS) is 2. The Morgan fingerprint density at radius 3 is 2.44 bits per heavy atom. The summed E-state index contributed by atoms with van der Waals surface area (Å²) in [5, 5.41) is 19.8. The van der Waals surface area contributed by atoms with Crippen molar-refractivity contribution in [2.45, 2.75) is 12.5 Å². The highest BCUT2D eigenvalue weighted by atomic mass is 16.5. The molecule has 2 aromatic rings. The van der Waals surface area contributed by atoms with Crippen LogP contribution >= 0.6 is 0 Å². The zero-order valence-corrected chi connectivity index (χ0v) is 18.2. The standard InChI is InChI=1S/C23H21NO10/c1-31-13-4-6-17(32-2)12(7-13)8-19-22(28)15-5-3-14(9-18(15)34-19)33-11-20(25)24-16(23(29)30)10-21(26)27/h3-9,16H,10-11H2,1-2H3,(H,24,25)(H,26,27)(H,29,30). The molecule has 0 radical (unpaired) electrons. The van der Waals surface area contributed by atoms with Crippen LogP contribution in [0.15, 0.2) is 42.2 Å². The topological polar surface area (TPSA) is 158 Å². The van der Waals surface area contributed by atoms with E-state index in [2.05, 4.69) is 5.32 Å². The Kier molecular flexibility index (Phi) is 7.36. The van der Waals surface area contributed by atoms with E-state index in [-0.39, 0.29) is 28.6 Å². The highest BCUT2D eigenvalue weighted by molar-refractivity contribution is 6.14. The lowest BCUT2D eigenvalue weighted by Crippen LogP contribution is -2.44. The third-order valence-electron chi connectivity index (χ3n) is 4.75. The van der Waals surface area contributed by atoms with Gasteiger partial charge >= 0.3 is 11.9 Å². The van der Waals surface area contributed by atoms with Crippen LogP contribution in [0.5, 0.6) is 23.0 Å². The van der Waals surface area contributed by atoms with Crippen molar-refractivity contribution < 1.29 is 48.3 Å². The fourth-order valence-electron chi connectivity index (χ4n) is 3.11. The van der Waals surface area contributed by atoms with Crippen molar-refractivity contribution in [3.8, 4) is 23.0 Å². The molecule has 0 bridgehead atoms. The number of carbonyl (C=O) groups is 4. The molecule has 0 aliphatic carbocycles. The van der Waals surface area contributed by atoms with Crippen LogP contribution in [0.3, 0.4) is 0 Å². The maximum absolute atomic E-state index is 12.7. The number of carbonyl (C=O) groups excluding carboxylic acids is 2. The highest BCUT2D eigenvalue weighted by Crippen LogP contribution is 2.36. The predicted octanol–water partition coefficient (Wildman–Crippen LogP) is 1.74. The fourth-order valence-corrected chi connectivity index (χ4v) is 3.11. The number of Topliss-reactive ketones (excluding diaryl/α,β-unsaturated/α-hetero) is 1. The van der Waals surface area contributed by atoms with Gasteiger partial charge < -0.3 is 34.5 Å². The highest BCUT2D eigenvalue weighted by Gasteiger charge is 2.28. The normalized spacial score (nSPS) is 14.1. The molecule has 178 valence electrons. The zero-order valence-electron chi connectivity index (χ0n) is 18.2. The third-order valence-corrected chi connectivity index (χ3v) is 4.75. The molecule has 1 aliphatic heterocycles. The SMILES string of the molecule is COc1ccc(OC)c(C=C2Oc3cc(OCC(=O)NC(CC(=O)O)C(=O)O)ccc3C2=O)c1. The second-order valence-electron chi connectivity index (χ2n) is 7.05. The van der Waals surface area contributed by atoms with Crippen molar-refractivity contribution in [3.63, 3.8) is 0 Å². The summed E-state index contributed by atoms with van der Waals surface area (Å²) in [6, 6.07) is 7.85. The lowest BCUT2D eigenvalue weighted by Gasteiger charge is -2.13. The van der Waals surface area contributed by atoms with E-state index in [0.29, 0.717) is 17.1 Å². The second kappa shape index (κ2) is 10.4. The average molecular weight is 471 g/mol. The Morgan fingerprint density at radius 1 is 1.06 bits per heavy atom. The zero-order chi connectivity index (χ0) is 24.8. The number of carboxylic acids is 2. The van der Waals surface area contributed by atoms with Gasteiger partial charge in [0.25, 0.3) is 5.91 Å². The van der Waals surface area contributed by atoms with E-state index in [4.69, 9.17) is 29.2 Å². The molecule has 11 nitrogen and oxygen atoms in total. The van der Waals surface area contributed by atoms with E-state index in [1.54, 1.807) is 18.2 Å². The Labute approximate surface area is 193 Å². The van der Waals surface area contributed by atoms with Crippen LogP contribution in [0.2, 0.25) is 0 Å². The number of ketones is 1. The molecule has 1 atom stereocenters. The van der Waals surface area contributed by atoms with Crippen LogP contribution in [0.25, 0.3) is 6.08 Å². The Balaban J connectivity index is 1.70. The molecule has 2 aromatic carbocycles. The Hall–Kier alpha value is -4.54. The number of methoxy groups -OCH3 is 2. The third kappa shape index (κ3) is 5.63. The lowest BCUT2D eigenvalue weighted by atomic mass is 10.1. The van der Waals surface area contributed by atoms with Gasteiger partial charge in [-0.25, -0.2) is 4.79 Å². The van der Waals surface area contributed by atoms with Crippen LogP contribution in [0.4, 0.5) is 0 Å². The second-order valence-corrected chi connectivity index (χ2v) is 7.05. The summed E-state index contributed by atoms with van der Waals surface area (Å²) in [5.74, 6) is -2.50. The minimum absolute atomic E-state index is 0.0504. The molecule has 0 aromatic heterocycles. The fraction of sp³-hybridized carbons (Fsp3) is 0.217. The van der Waals surface area contributed by atoms with Gasteiger partial charge in [-0.3, -0.25) is 14.4 Å². The van der Waals surface area contributed by atoms with E-state index in [0.717, 1.165) is 0 Å². The molecule has 1 unspecified atom stereocenters. The number of fused-ring (bicyclic) bond motifs is 1. The van der Waals surface area contributed by atoms with Crippen molar-refractivity contribution >= 4 is 29.7 Å². The summed E-state index contributed by atoms with van der Waals surface area (Å²) in [6.45, 7) is -0.570. The monoisotopic (exact) mass is 471 g/mol.